The van der Waals surface area contributed by atoms with Gasteiger partial charge in [0.1, 0.15) is 6.61 Å². The number of ether oxygens (including phenoxy) is 1. The molecular weight excluding hydrogens is 392 g/mol. The van der Waals surface area contributed by atoms with E-state index in [0.29, 0.717) is 41.8 Å². The van der Waals surface area contributed by atoms with Gasteiger partial charge in [0.25, 0.3) is 5.91 Å². The Labute approximate surface area is 182 Å². The Morgan fingerprint density at radius 2 is 2.13 bits per heavy atom. The standard InChI is InChI=1S/C24H28N4O3/c1-15(2)22(29)19-7-6-18(12-20(19)25)28-9-10-31-21-11-17(13-26-23(21)28)24(30)27-8-4-5-16(3)14-27/h6-7,11-13,16,19,25H,1,4-5,8-10,14H2,2-3H3. The molecule has 3 heterocycles. The number of likely N-dealkylation sites (tertiary alicyclic amines) is 1. The molecule has 0 radical (unpaired) electrons. The number of pyridine rings is 1. The van der Waals surface area contributed by atoms with E-state index in [4.69, 9.17) is 10.1 Å². The highest BCUT2D eigenvalue weighted by atomic mass is 16.5. The lowest BCUT2D eigenvalue weighted by Gasteiger charge is -2.33. The molecule has 1 aromatic heterocycles. The number of carbonyl (C=O) groups excluding carboxylic acids is 2. The number of piperidine rings is 1. The van der Waals surface area contributed by atoms with Gasteiger partial charge in [0.2, 0.25) is 0 Å². The molecule has 0 spiro atoms. The first-order chi connectivity index (χ1) is 14.8. The first-order valence-electron chi connectivity index (χ1n) is 10.7. The summed E-state index contributed by atoms with van der Waals surface area (Å²) in [5.74, 6) is 0.929. The first kappa shape index (κ1) is 21.0. The molecular formula is C24H28N4O3. The van der Waals surface area contributed by atoms with Crippen LogP contribution >= 0.6 is 0 Å². The van der Waals surface area contributed by atoms with Crippen LogP contribution in [-0.2, 0) is 4.79 Å². The summed E-state index contributed by atoms with van der Waals surface area (Å²) in [5, 5.41) is 8.30. The van der Waals surface area contributed by atoms with Gasteiger partial charge in [-0.1, -0.05) is 19.6 Å². The van der Waals surface area contributed by atoms with Crippen LogP contribution < -0.4 is 9.64 Å². The number of ketones is 1. The van der Waals surface area contributed by atoms with E-state index >= 15 is 0 Å². The summed E-state index contributed by atoms with van der Waals surface area (Å²) in [5.41, 5.74) is 1.97. The minimum Gasteiger partial charge on any atom is -0.488 e. The number of anilines is 1. The molecule has 1 amide bonds. The fraction of sp³-hybridized carbons (Fsp3) is 0.417. The Bertz CT molecular complexity index is 1010. The zero-order chi connectivity index (χ0) is 22.1. The van der Waals surface area contributed by atoms with Crippen LogP contribution in [0.3, 0.4) is 0 Å². The molecule has 7 heteroatoms. The van der Waals surface area contributed by atoms with Crippen molar-refractivity contribution in [2.24, 2.45) is 11.8 Å². The molecule has 3 aliphatic rings. The largest absolute Gasteiger partial charge is 0.488 e. The summed E-state index contributed by atoms with van der Waals surface area (Å²) >= 11 is 0. The molecule has 4 rings (SSSR count). The van der Waals surface area contributed by atoms with Gasteiger partial charge in [0.05, 0.1) is 18.0 Å². The molecule has 2 atom stereocenters. The zero-order valence-corrected chi connectivity index (χ0v) is 18.1. The predicted octanol–water partition coefficient (Wildman–Crippen LogP) is 3.39. The molecule has 162 valence electrons. The summed E-state index contributed by atoms with van der Waals surface area (Å²) in [4.78, 5) is 33.6. The van der Waals surface area contributed by atoms with Crippen LogP contribution in [0.25, 0.3) is 0 Å². The van der Waals surface area contributed by atoms with Crippen LogP contribution in [0.1, 0.15) is 37.0 Å². The predicted molar refractivity (Wildman–Crippen MR) is 120 cm³/mol. The lowest BCUT2D eigenvalue weighted by atomic mass is 9.90. The van der Waals surface area contributed by atoms with Crippen molar-refractivity contribution in [2.75, 3.05) is 31.1 Å². The van der Waals surface area contributed by atoms with E-state index in [1.165, 1.54) is 0 Å². The first-order valence-corrected chi connectivity index (χ1v) is 10.7. The molecule has 2 aliphatic heterocycles. The Hall–Kier alpha value is -3.22. The topological polar surface area (TPSA) is 86.6 Å². The van der Waals surface area contributed by atoms with Gasteiger partial charge in [-0.3, -0.25) is 9.59 Å². The Morgan fingerprint density at radius 1 is 1.32 bits per heavy atom. The van der Waals surface area contributed by atoms with E-state index in [9.17, 15) is 9.59 Å². The molecule has 2 unspecified atom stereocenters. The Kier molecular flexibility index (Phi) is 5.76. The highest BCUT2D eigenvalue weighted by molar-refractivity contribution is 6.16. The number of nitrogens with zero attached hydrogens (tertiary/aromatic N) is 3. The molecule has 1 fully saturated rings. The molecule has 1 saturated heterocycles. The molecule has 1 N–H and O–H groups in total. The van der Waals surface area contributed by atoms with Crippen LogP contribution in [0, 0.1) is 17.2 Å². The SMILES string of the molecule is C=C(C)C(=O)C1C=CC(N2CCOc3cc(C(=O)N4CCCC(C)C4)cnc32)=CC1=N. The number of hydrogen-bond donors (Lipinski definition) is 1. The van der Waals surface area contributed by atoms with E-state index in [-0.39, 0.29) is 17.4 Å². The van der Waals surface area contributed by atoms with Crippen molar-refractivity contribution >= 4 is 23.2 Å². The number of rotatable bonds is 4. The van der Waals surface area contributed by atoms with Crippen molar-refractivity contribution in [2.45, 2.75) is 26.7 Å². The number of fused-ring (bicyclic) bond motifs is 1. The Balaban J connectivity index is 1.55. The molecule has 0 saturated carbocycles. The van der Waals surface area contributed by atoms with Crippen molar-refractivity contribution in [3.8, 4) is 5.75 Å². The smallest absolute Gasteiger partial charge is 0.255 e. The number of Topliss-reactive ketones (excluding diaryl/α,β-unsaturated/α-hetero) is 1. The third-order valence-corrected chi connectivity index (χ3v) is 5.96. The molecule has 1 aromatic rings. The van der Waals surface area contributed by atoms with Crippen LogP contribution in [0.4, 0.5) is 5.82 Å². The quantitative estimate of drug-likeness (QED) is 0.755. The van der Waals surface area contributed by atoms with Crippen LogP contribution in [-0.4, -0.2) is 53.5 Å². The lowest BCUT2D eigenvalue weighted by Crippen LogP contribution is -2.39. The number of allylic oxidation sites excluding steroid dienone is 4. The molecule has 0 aromatic carbocycles. The average molecular weight is 421 g/mol. The Morgan fingerprint density at radius 3 is 2.84 bits per heavy atom. The molecule has 31 heavy (non-hydrogen) atoms. The van der Waals surface area contributed by atoms with Gasteiger partial charge < -0.3 is 19.9 Å². The molecule has 0 bridgehead atoms. The molecule has 1 aliphatic carbocycles. The van der Waals surface area contributed by atoms with Crippen molar-refractivity contribution in [1.29, 1.82) is 5.41 Å². The number of aromatic nitrogens is 1. The maximum atomic E-state index is 12.9. The van der Waals surface area contributed by atoms with E-state index in [2.05, 4.69) is 18.5 Å². The summed E-state index contributed by atoms with van der Waals surface area (Å²) in [6.45, 7) is 10.1. The van der Waals surface area contributed by atoms with Crippen molar-refractivity contribution in [3.63, 3.8) is 0 Å². The fourth-order valence-corrected chi connectivity index (χ4v) is 4.28. The maximum Gasteiger partial charge on any atom is 0.255 e. The van der Waals surface area contributed by atoms with Crippen LogP contribution in [0.15, 0.2) is 48.3 Å². The lowest BCUT2D eigenvalue weighted by molar-refractivity contribution is -0.116. The van der Waals surface area contributed by atoms with Gasteiger partial charge in [-0.25, -0.2) is 4.98 Å². The second-order valence-electron chi connectivity index (χ2n) is 8.55. The van der Waals surface area contributed by atoms with E-state index < -0.39 is 5.92 Å². The van der Waals surface area contributed by atoms with Gasteiger partial charge in [-0.15, -0.1) is 0 Å². The van der Waals surface area contributed by atoms with E-state index in [1.807, 2.05) is 15.9 Å². The van der Waals surface area contributed by atoms with Crippen LogP contribution in [0.5, 0.6) is 5.75 Å². The summed E-state index contributed by atoms with van der Waals surface area (Å²) < 4.78 is 5.82. The number of carbonyl (C=O) groups is 2. The van der Waals surface area contributed by atoms with Gasteiger partial charge in [-0.05, 0) is 49.5 Å². The van der Waals surface area contributed by atoms with Gasteiger partial charge >= 0.3 is 0 Å². The normalized spacial score (nSPS) is 23.0. The monoisotopic (exact) mass is 420 g/mol. The second-order valence-corrected chi connectivity index (χ2v) is 8.55. The van der Waals surface area contributed by atoms with Crippen molar-refractivity contribution in [1.82, 2.24) is 9.88 Å². The minimum absolute atomic E-state index is 0.0118. The summed E-state index contributed by atoms with van der Waals surface area (Å²) in [6, 6.07) is 1.77. The highest BCUT2D eigenvalue weighted by Gasteiger charge is 2.29. The van der Waals surface area contributed by atoms with Gasteiger partial charge in [0.15, 0.2) is 17.4 Å². The van der Waals surface area contributed by atoms with Crippen molar-refractivity contribution < 1.29 is 14.3 Å². The zero-order valence-electron chi connectivity index (χ0n) is 18.1. The van der Waals surface area contributed by atoms with Crippen LogP contribution in [0.2, 0.25) is 0 Å². The minimum atomic E-state index is -0.596. The van der Waals surface area contributed by atoms with Crippen molar-refractivity contribution in [3.05, 3.63) is 53.9 Å². The number of hydrogen-bond acceptors (Lipinski definition) is 6. The summed E-state index contributed by atoms with van der Waals surface area (Å²) in [6.07, 6.45) is 9.05. The number of amides is 1. The fourth-order valence-electron chi connectivity index (χ4n) is 4.28. The van der Waals surface area contributed by atoms with Gasteiger partial charge in [0, 0.05) is 30.7 Å². The van der Waals surface area contributed by atoms with E-state index in [1.54, 1.807) is 31.3 Å². The summed E-state index contributed by atoms with van der Waals surface area (Å²) in [7, 11) is 0. The maximum absolute atomic E-state index is 12.9. The second kappa shape index (κ2) is 8.49. The molecule has 7 nitrogen and oxygen atoms in total. The van der Waals surface area contributed by atoms with E-state index in [0.717, 1.165) is 31.6 Å². The third kappa shape index (κ3) is 4.17. The van der Waals surface area contributed by atoms with Gasteiger partial charge in [-0.2, -0.15) is 0 Å². The third-order valence-electron chi connectivity index (χ3n) is 5.96. The average Bonchev–Trinajstić information content (AvgIpc) is 2.77. The highest BCUT2D eigenvalue weighted by Crippen LogP contribution is 2.34. The number of nitrogens with one attached hydrogen (secondary N) is 1.